The molecule has 3 N–H and O–H groups in total. The minimum absolute atomic E-state index is 0.0564. The van der Waals surface area contributed by atoms with E-state index in [1.807, 2.05) is 0 Å². The fraction of sp³-hybridized carbons (Fsp3) is 0.0667. The molecular weight excluding hydrogens is 293 g/mol. The molecule has 114 valence electrons. The summed E-state index contributed by atoms with van der Waals surface area (Å²) in [4.78, 5) is 22.5. The van der Waals surface area contributed by atoms with E-state index in [0.717, 1.165) is 12.1 Å². The van der Waals surface area contributed by atoms with Gasteiger partial charge in [0.2, 0.25) is 0 Å². The van der Waals surface area contributed by atoms with Crippen LogP contribution in [0, 0.1) is 5.82 Å². The number of benzene rings is 2. The van der Waals surface area contributed by atoms with Crippen LogP contribution in [0.1, 0.15) is 20.7 Å². The van der Waals surface area contributed by atoms with Gasteiger partial charge in [0.1, 0.15) is 11.6 Å². The second kappa shape index (κ2) is 6.13. The molecule has 0 spiro atoms. The van der Waals surface area contributed by atoms with Crippen LogP contribution in [0.25, 0.3) is 0 Å². The number of halogens is 1. The molecule has 2 rings (SSSR count). The quantitative estimate of drug-likeness (QED) is 0.786. The lowest BCUT2D eigenvalue weighted by Crippen LogP contribution is -2.08. The van der Waals surface area contributed by atoms with Gasteiger partial charge < -0.3 is 20.3 Å². The lowest BCUT2D eigenvalue weighted by Gasteiger charge is -2.15. The molecule has 0 radical (unpaired) electrons. The number of carboxylic acids is 2. The first-order valence-electron chi connectivity index (χ1n) is 6.14. The van der Waals surface area contributed by atoms with Crippen LogP contribution in [0.5, 0.6) is 5.75 Å². The zero-order chi connectivity index (χ0) is 16.3. The maximum atomic E-state index is 13.2. The Kier molecular flexibility index (Phi) is 4.26. The van der Waals surface area contributed by atoms with E-state index in [9.17, 15) is 19.1 Å². The normalized spacial score (nSPS) is 10.1. The van der Waals surface area contributed by atoms with Crippen molar-refractivity contribution in [3.8, 4) is 5.75 Å². The fourth-order valence-electron chi connectivity index (χ4n) is 1.95. The van der Waals surface area contributed by atoms with Crippen LogP contribution in [-0.2, 0) is 0 Å². The zero-order valence-corrected chi connectivity index (χ0v) is 11.5. The Bertz CT molecular complexity index is 745. The Morgan fingerprint density at radius 2 is 1.77 bits per heavy atom. The predicted molar refractivity (Wildman–Crippen MR) is 76.6 cm³/mol. The van der Waals surface area contributed by atoms with Crippen molar-refractivity contribution in [1.82, 2.24) is 0 Å². The number of para-hydroxylation sites is 1. The highest BCUT2D eigenvalue weighted by molar-refractivity contribution is 6.00. The lowest BCUT2D eigenvalue weighted by molar-refractivity contribution is 0.0687. The highest BCUT2D eigenvalue weighted by atomic mass is 19.1. The summed E-state index contributed by atoms with van der Waals surface area (Å²) in [5, 5.41) is 21.0. The number of methoxy groups -OCH3 is 1. The van der Waals surface area contributed by atoms with Crippen LogP contribution in [-0.4, -0.2) is 29.3 Å². The molecule has 0 aliphatic carbocycles. The minimum atomic E-state index is -1.34. The second-order valence-corrected chi connectivity index (χ2v) is 4.31. The highest BCUT2D eigenvalue weighted by Crippen LogP contribution is 2.32. The summed E-state index contributed by atoms with van der Waals surface area (Å²) in [6.45, 7) is 0. The third-order valence-corrected chi connectivity index (χ3v) is 2.95. The number of hydrogen-bond donors (Lipinski definition) is 3. The molecule has 7 heteroatoms. The molecule has 0 fully saturated rings. The van der Waals surface area contributed by atoms with Gasteiger partial charge in [-0.2, -0.15) is 0 Å². The smallest absolute Gasteiger partial charge is 0.337 e. The maximum Gasteiger partial charge on any atom is 0.337 e. The topological polar surface area (TPSA) is 95.9 Å². The number of anilines is 2. The number of hydrogen-bond acceptors (Lipinski definition) is 4. The Morgan fingerprint density at radius 1 is 1.09 bits per heavy atom. The van der Waals surface area contributed by atoms with E-state index in [0.29, 0.717) is 0 Å². The van der Waals surface area contributed by atoms with E-state index in [4.69, 9.17) is 9.84 Å². The first-order chi connectivity index (χ1) is 10.4. The molecule has 0 aliphatic rings. The Hall–Kier alpha value is -3.09. The van der Waals surface area contributed by atoms with Crippen molar-refractivity contribution in [3.05, 3.63) is 53.3 Å². The van der Waals surface area contributed by atoms with Gasteiger partial charge in [0.15, 0.2) is 0 Å². The standard InChI is InChI=1S/C15H12FNO5/c1-22-12-4-2-3-9(14(18)19)13(12)17-11-6-5-8(16)7-10(11)15(20)21/h2-7,17H,1H3,(H,18,19)(H,20,21). The average molecular weight is 305 g/mol. The fourth-order valence-corrected chi connectivity index (χ4v) is 1.95. The Balaban J connectivity index is 2.56. The van der Waals surface area contributed by atoms with Crippen molar-refractivity contribution >= 4 is 23.3 Å². The number of rotatable bonds is 5. The number of ether oxygens (including phenoxy) is 1. The number of carboxylic acid groups (broad SMARTS) is 2. The molecule has 22 heavy (non-hydrogen) atoms. The minimum Gasteiger partial charge on any atom is -0.495 e. The third-order valence-electron chi connectivity index (χ3n) is 2.95. The molecule has 0 unspecified atom stereocenters. The second-order valence-electron chi connectivity index (χ2n) is 4.31. The first kappa shape index (κ1) is 15.3. The Labute approximate surface area is 124 Å². The summed E-state index contributed by atoms with van der Waals surface area (Å²) in [7, 11) is 1.36. The SMILES string of the molecule is COc1cccc(C(=O)O)c1Nc1ccc(F)cc1C(=O)O. The Morgan fingerprint density at radius 3 is 2.36 bits per heavy atom. The molecule has 0 atom stereocenters. The molecular formula is C15H12FNO5. The first-order valence-corrected chi connectivity index (χ1v) is 6.14. The van der Waals surface area contributed by atoms with Crippen molar-refractivity contribution in [2.24, 2.45) is 0 Å². The summed E-state index contributed by atoms with van der Waals surface area (Å²) >= 11 is 0. The van der Waals surface area contributed by atoms with Crippen LogP contribution in [0.4, 0.5) is 15.8 Å². The predicted octanol–water partition coefficient (Wildman–Crippen LogP) is 2.97. The van der Waals surface area contributed by atoms with Gasteiger partial charge in [0, 0.05) is 0 Å². The summed E-state index contributed by atoms with van der Waals surface area (Å²) in [6.07, 6.45) is 0. The van der Waals surface area contributed by atoms with Crippen LogP contribution in [0.2, 0.25) is 0 Å². The number of nitrogens with one attached hydrogen (secondary N) is 1. The lowest BCUT2D eigenvalue weighted by atomic mass is 10.1. The van der Waals surface area contributed by atoms with Crippen molar-refractivity contribution in [2.45, 2.75) is 0 Å². The summed E-state index contributed by atoms with van der Waals surface area (Å²) in [5.74, 6) is -3.03. The van der Waals surface area contributed by atoms with Gasteiger partial charge in [-0.05, 0) is 30.3 Å². The molecule has 6 nitrogen and oxygen atoms in total. The third kappa shape index (κ3) is 2.98. The summed E-state index contributed by atoms with van der Waals surface area (Å²) in [5.41, 5.74) is -0.269. The number of carbonyl (C=O) groups is 2. The van der Waals surface area contributed by atoms with E-state index >= 15 is 0 Å². The molecule has 2 aromatic rings. The molecule has 2 aromatic carbocycles. The van der Waals surface area contributed by atoms with Crippen molar-refractivity contribution in [2.75, 3.05) is 12.4 Å². The van der Waals surface area contributed by atoms with Gasteiger partial charge in [-0.3, -0.25) is 0 Å². The van der Waals surface area contributed by atoms with Crippen molar-refractivity contribution in [1.29, 1.82) is 0 Å². The van der Waals surface area contributed by atoms with Gasteiger partial charge in [0.25, 0.3) is 0 Å². The van der Waals surface area contributed by atoms with Gasteiger partial charge in [0.05, 0.1) is 29.6 Å². The summed E-state index contributed by atoms with van der Waals surface area (Å²) in [6, 6.07) is 7.51. The maximum absolute atomic E-state index is 13.2. The molecule has 0 amide bonds. The van der Waals surface area contributed by atoms with Crippen molar-refractivity contribution < 1.29 is 28.9 Å². The van der Waals surface area contributed by atoms with Gasteiger partial charge in [-0.25, -0.2) is 14.0 Å². The molecule has 0 bridgehead atoms. The largest absolute Gasteiger partial charge is 0.495 e. The van der Waals surface area contributed by atoms with E-state index in [1.165, 1.54) is 31.4 Å². The van der Waals surface area contributed by atoms with Gasteiger partial charge in [-0.1, -0.05) is 6.07 Å². The number of aromatic carboxylic acids is 2. The van der Waals surface area contributed by atoms with Gasteiger partial charge in [-0.15, -0.1) is 0 Å². The van der Waals surface area contributed by atoms with E-state index in [1.54, 1.807) is 0 Å². The van der Waals surface area contributed by atoms with Crippen LogP contribution in [0.15, 0.2) is 36.4 Å². The molecule has 0 heterocycles. The zero-order valence-electron chi connectivity index (χ0n) is 11.5. The van der Waals surface area contributed by atoms with Crippen molar-refractivity contribution in [3.63, 3.8) is 0 Å². The summed E-state index contributed by atoms with van der Waals surface area (Å²) < 4.78 is 18.3. The van der Waals surface area contributed by atoms with Crippen LogP contribution in [0.3, 0.4) is 0 Å². The van der Waals surface area contributed by atoms with Crippen LogP contribution < -0.4 is 10.1 Å². The van der Waals surface area contributed by atoms with E-state index in [2.05, 4.69) is 5.32 Å². The molecule has 0 aromatic heterocycles. The van der Waals surface area contributed by atoms with Crippen LogP contribution >= 0.6 is 0 Å². The highest BCUT2D eigenvalue weighted by Gasteiger charge is 2.18. The molecule has 0 saturated heterocycles. The average Bonchev–Trinajstić information content (AvgIpc) is 2.48. The monoisotopic (exact) mass is 305 g/mol. The molecule has 0 aliphatic heterocycles. The van der Waals surface area contributed by atoms with E-state index < -0.39 is 17.8 Å². The van der Waals surface area contributed by atoms with E-state index in [-0.39, 0.29) is 28.3 Å². The van der Waals surface area contributed by atoms with Gasteiger partial charge >= 0.3 is 11.9 Å². The molecule has 0 saturated carbocycles.